The SMILES string of the molecule is N#CC1C(=N)OC2=C(C(=O)CC(c3ccccc3)C2)C1c1ccc2ccccc2c1. The van der Waals surface area contributed by atoms with Crippen molar-refractivity contribution in [1.29, 1.82) is 10.7 Å². The van der Waals surface area contributed by atoms with Gasteiger partial charge in [0.2, 0.25) is 5.90 Å². The number of hydrogen-bond acceptors (Lipinski definition) is 4. The van der Waals surface area contributed by atoms with E-state index in [-0.39, 0.29) is 17.6 Å². The van der Waals surface area contributed by atoms with Crippen LogP contribution in [0.15, 0.2) is 84.1 Å². The van der Waals surface area contributed by atoms with Crippen LogP contribution in [0.4, 0.5) is 0 Å². The molecule has 0 aromatic heterocycles. The molecule has 1 aliphatic heterocycles. The molecule has 0 amide bonds. The van der Waals surface area contributed by atoms with Crippen molar-refractivity contribution in [2.75, 3.05) is 0 Å². The molecule has 5 rings (SSSR count). The van der Waals surface area contributed by atoms with Gasteiger partial charge in [0, 0.05) is 24.3 Å². The zero-order chi connectivity index (χ0) is 20.7. The second-order valence-corrected chi connectivity index (χ2v) is 7.93. The number of allylic oxidation sites excluding steroid dienone is 2. The summed E-state index contributed by atoms with van der Waals surface area (Å²) in [5.41, 5.74) is 2.55. The van der Waals surface area contributed by atoms with Crippen LogP contribution in [0, 0.1) is 22.7 Å². The number of ether oxygens (including phenoxy) is 1. The highest BCUT2D eigenvalue weighted by atomic mass is 16.5. The maximum atomic E-state index is 13.3. The van der Waals surface area contributed by atoms with Gasteiger partial charge in [-0.3, -0.25) is 10.2 Å². The highest BCUT2D eigenvalue weighted by molar-refractivity contribution is 6.02. The summed E-state index contributed by atoms with van der Waals surface area (Å²) in [6, 6.07) is 26.2. The van der Waals surface area contributed by atoms with E-state index in [2.05, 4.69) is 6.07 Å². The highest BCUT2D eigenvalue weighted by Gasteiger charge is 2.44. The van der Waals surface area contributed by atoms with Gasteiger partial charge in [-0.15, -0.1) is 0 Å². The van der Waals surface area contributed by atoms with E-state index in [9.17, 15) is 10.1 Å². The molecule has 1 heterocycles. The summed E-state index contributed by atoms with van der Waals surface area (Å²) in [5.74, 6) is -0.759. The Balaban J connectivity index is 1.62. The number of nitrogens with zero attached hydrogens (tertiary/aromatic N) is 1. The van der Waals surface area contributed by atoms with Crippen molar-refractivity contribution in [3.05, 3.63) is 95.3 Å². The Bertz CT molecular complexity index is 1240. The summed E-state index contributed by atoms with van der Waals surface area (Å²) in [4.78, 5) is 13.3. The molecule has 3 aromatic rings. The summed E-state index contributed by atoms with van der Waals surface area (Å²) in [5, 5.41) is 20.3. The van der Waals surface area contributed by atoms with Gasteiger partial charge in [-0.25, -0.2) is 0 Å². The van der Waals surface area contributed by atoms with Crippen molar-refractivity contribution in [1.82, 2.24) is 0 Å². The molecule has 30 heavy (non-hydrogen) atoms. The molecule has 4 heteroatoms. The van der Waals surface area contributed by atoms with Crippen LogP contribution in [0.25, 0.3) is 10.8 Å². The number of carbonyl (C=O) groups excluding carboxylic acids is 1. The van der Waals surface area contributed by atoms with Gasteiger partial charge >= 0.3 is 0 Å². The Morgan fingerprint density at radius 3 is 2.40 bits per heavy atom. The van der Waals surface area contributed by atoms with Gasteiger partial charge in [-0.2, -0.15) is 5.26 Å². The monoisotopic (exact) mass is 392 g/mol. The molecular weight excluding hydrogens is 372 g/mol. The maximum absolute atomic E-state index is 13.3. The number of benzene rings is 3. The lowest BCUT2D eigenvalue weighted by atomic mass is 9.71. The molecule has 0 spiro atoms. The first-order valence-electron chi connectivity index (χ1n) is 10.1. The number of rotatable bonds is 2. The first kappa shape index (κ1) is 18.3. The fourth-order valence-electron chi connectivity index (χ4n) is 4.71. The van der Waals surface area contributed by atoms with Crippen molar-refractivity contribution in [2.45, 2.75) is 24.7 Å². The van der Waals surface area contributed by atoms with Gasteiger partial charge < -0.3 is 4.74 Å². The predicted molar refractivity (Wildman–Crippen MR) is 115 cm³/mol. The van der Waals surface area contributed by atoms with Crippen molar-refractivity contribution in [3.63, 3.8) is 0 Å². The Labute approximate surface area is 174 Å². The first-order chi connectivity index (χ1) is 14.7. The number of carbonyl (C=O) groups is 1. The normalized spacial score (nSPS) is 23.6. The standard InChI is InChI=1S/C26H20N2O2/c27-15-21-24(19-11-10-17-8-4-5-9-18(17)12-19)25-22(29)13-20(14-23(25)30-26(21)28)16-6-2-1-3-7-16/h1-12,20-21,24,28H,13-14H2. The van der Waals surface area contributed by atoms with E-state index in [1.165, 1.54) is 0 Å². The van der Waals surface area contributed by atoms with Crippen LogP contribution in [-0.2, 0) is 9.53 Å². The molecule has 3 atom stereocenters. The van der Waals surface area contributed by atoms with Gasteiger partial charge in [0.25, 0.3) is 0 Å². The molecule has 0 saturated heterocycles. The Hall–Kier alpha value is -3.71. The van der Waals surface area contributed by atoms with E-state index in [4.69, 9.17) is 10.1 Å². The molecule has 3 aromatic carbocycles. The minimum Gasteiger partial charge on any atom is -0.446 e. The van der Waals surface area contributed by atoms with Crippen molar-refractivity contribution >= 4 is 22.5 Å². The van der Waals surface area contributed by atoms with Crippen LogP contribution in [0.3, 0.4) is 0 Å². The summed E-state index contributed by atoms with van der Waals surface area (Å²) in [6.45, 7) is 0. The van der Waals surface area contributed by atoms with Gasteiger partial charge in [-0.1, -0.05) is 72.8 Å². The molecule has 0 radical (unpaired) electrons. The van der Waals surface area contributed by atoms with Crippen LogP contribution in [-0.4, -0.2) is 11.7 Å². The fourth-order valence-corrected chi connectivity index (χ4v) is 4.71. The smallest absolute Gasteiger partial charge is 0.205 e. The number of Topliss-reactive ketones (excluding diaryl/α,β-unsaturated/α-hetero) is 1. The fraction of sp³-hybridized carbons (Fsp3) is 0.192. The maximum Gasteiger partial charge on any atom is 0.205 e. The van der Waals surface area contributed by atoms with Gasteiger partial charge in [-0.05, 0) is 27.8 Å². The zero-order valence-corrected chi connectivity index (χ0v) is 16.3. The first-order valence-corrected chi connectivity index (χ1v) is 10.1. The van der Waals surface area contributed by atoms with Gasteiger partial charge in [0.1, 0.15) is 11.7 Å². The van der Waals surface area contributed by atoms with Crippen LogP contribution >= 0.6 is 0 Å². The van der Waals surface area contributed by atoms with E-state index >= 15 is 0 Å². The zero-order valence-electron chi connectivity index (χ0n) is 16.3. The van der Waals surface area contributed by atoms with E-state index in [1.54, 1.807) is 0 Å². The van der Waals surface area contributed by atoms with Crippen molar-refractivity contribution < 1.29 is 9.53 Å². The Kier molecular flexibility index (Phi) is 4.44. The van der Waals surface area contributed by atoms with Crippen LogP contribution < -0.4 is 0 Å². The Morgan fingerprint density at radius 2 is 1.63 bits per heavy atom. The average Bonchev–Trinajstić information content (AvgIpc) is 2.78. The molecule has 1 N–H and O–H groups in total. The highest BCUT2D eigenvalue weighted by Crippen LogP contribution is 2.47. The predicted octanol–water partition coefficient (Wildman–Crippen LogP) is 5.47. The van der Waals surface area contributed by atoms with Crippen LogP contribution in [0.1, 0.15) is 35.8 Å². The molecule has 4 nitrogen and oxygen atoms in total. The number of hydrogen-bond donors (Lipinski definition) is 1. The van der Waals surface area contributed by atoms with Gasteiger partial charge in [0.05, 0.1) is 6.07 Å². The molecule has 0 fully saturated rings. The van der Waals surface area contributed by atoms with Crippen molar-refractivity contribution in [3.8, 4) is 6.07 Å². The summed E-state index contributed by atoms with van der Waals surface area (Å²) >= 11 is 0. The van der Waals surface area contributed by atoms with Crippen LogP contribution in [0.2, 0.25) is 0 Å². The topological polar surface area (TPSA) is 73.9 Å². The number of nitrogens with one attached hydrogen (secondary N) is 1. The van der Waals surface area contributed by atoms with Gasteiger partial charge in [0.15, 0.2) is 5.78 Å². The van der Waals surface area contributed by atoms with E-state index in [1.807, 2.05) is 72.8 Å². The lowest BCUT2D eigenvalue weighted by molar-refractivity contribution is -0.117. The molecule has 0 bridgehead atoms. The lowest BCUT2D eigenvalue weighted by Crippen LogP contribution is -2.36. The third-order valence-electron chi connectivity index (χ3n) is 6.17. The lowest BCUT2D eigenvalue weighted by Gasteiger charge is -2.36. The second kappa shape index (κ2) is 7.27. The summed E-state index contributed by atoms with van der Waals surface area (Å²) < 4.78 is 5.77. The third-order valence-corrected chi connectivity index (χ3v) is 6.17. The molecule has 0 saturated carbocycles. The van der Waals surface area contributed by atoms with Crippen LogP contribution in [0.5, 0.6) is 0 Å². The van der Waals surface area contributed by atoms with E-state index < -0.39 is 11.8 Å². The largest absolute Gasteiger partial charge is 0.446 e. The number of ketones is 1. The quantitative estimate of drug-likeness (QED) is 0.628. The minimum absolute atomic E-state index is 0.0102. The number of fused-ring (bicyclic) bond motifs is 1. The Morgan fingerprint density at radius 1 is 0.900 bits per heavy atom. The molecular formula is C26H20N2O2. The molecule has 2 aliphatic rings. The summed E-state index contributed by atoms with van der Waals surface area (Å²) in [7, 11) is 0. The third kappa shape index (κ3) is 3.00. The molecule has 3 unspecified atom stereocenters. The minimum atomic E-state index is -0.804. The second-order valence-electron chi connectivity index (χ2n) is 7.93. The van der Waals surface area contributed by atoms with E-state index in [0.29, 0.717) is 24.2 Å². The molecule has 146 valence electrons. The number of nitriles is 1. The molecule has 1 aliphatic carbocycles. The van der Waals surface area contributed by atoms with Crippen molar-refractivity contribution in [2.24, 2.45) is 5.92 Å². The summed E-state index contributed by atoms with van der Waals surface area (Å²) in [6.07, 6.45) is 0.956. The average molecular weight is 392 g/mol. The van der Waals surface area contributed by atoms with E-state index in [0.717, 1.165) is 21.9 Å².